The molecule has 2 fully saturated rings. The number of carbonyl (C=O) groups is 5. The zero-order valence-electron chi connectivity index (χ0n) is 34.8. The first-order chi connectivity index (χ1) is 31.2. The number of benzene rings is 4. The minimum absolute atomic E-state index is 0.0906. The Kier molecular flexibility index (Phi) is 14.0. The van der Waals surface area contributed by atoms with Gasteiger partial charge in [-0.15, -0.1) is 23.1 Å². The monoisotopic (exact) mass is 926 g/mol. The highest BCUT2D eigenvalue weighted by Gasteiger charge is 2.68. The number of rotatable bonds is 12. The van der Waals surface area contributed by atoms with Crippen molar-refractivity contribution in [1.29, 1.82) is 0 Å². The summed E-state index contributed by atoms with van der Waals surface area (Å²) in [5, 5.41) is 14.8. The molecule has 2 saturated heterocycles. The van der Waals surface area contributed by atoms with E-state index in [1.807, 2.05) is 6.26 Å². The molecule has 6 aromatic rings. The van der Waals surface area contributed by atoms with Gasteiger partial charge < -0.3 is 33.5 Å². The lowest BCUT2D eigenvalue weighted by atomic mass is 9.90. The van der Waals surface area contributed by atoms with E-state index in [-0.39, 0.29) is 21.6 Å². The summed E-state index contributed by atoms with van der Waals surface area (Å²) in [6.45, 7) is 1.15. The number of thiophene rings is 1. The fourth-order valence-electron chi connectivity index (χ4n) is 7.00. The van der Waals surface area contributed by atoms with Crippen molar-refractivity contribution in [3.05, 3.63) is 160 Å². The Hall–Kier alpha value is -6.60. The Morgan fingerprint density at radius 2 is 1.14 bits per heavy atom. The molecule has 2 aliphatic rings. The molecule has 14 nitrogen and oxygen atoms in total. The maximum atomic E-state index is 16.7. The summed E-state index contributed by atoms with van der Waals surface area (Å²) in [6, 6.07) is 32.4. The third-order valence-electron chi connectivity index (χ3n) is 10.5. The number of aromatic nitrogens is 2. The van der Waals surface area contributed by atoms with Gasteiger partial charge >= 0.3 is 29.8 Å². The van der Waals surface area contributed by atoms with Gasteiger partial charge in [-0.3, -0.25) is 0 Å². The Labute approximate surface area is 378 Å². The van der Waals surface area contributed by atoms with Crippen LogP contribution in [0.15, 0.2) is 138 Å². The predicted octanol–water partition coefficient (Wildman–Crippen LogP) is 7.49. The van der Waals surface area contributed by atoms with Crippen molar-refractivity contribution in [2.24, 2.45) is 0 Å². The zero-order valence-corrected chi connectivity index (χ0v) is 36.5. The number of alkyl halides is 2. The number of hydrogen-bond donors (Lipinski definition) is 1. The molecule has 0 aliphatic carbocycles. The topological polar surface area (TPSA) is 187 Å². The lowest BCUT2D eigenvalue weighted by Gasteiger charge is -2.32. The van der Waals surface area contributed by atoms with E-state index in [9.17, 15) is 33.5 Å². The van der Waals surface area contributed by atoms with Gasteiger partial charge in [-0.25, -0.2) is 42.7 Å². The second kappa shape index (κ2) is 19.6. The van der Waals surface area contributed by atoms with Crippen LogP contribution in [-0.2, 0) is 39.0 Å². The molecule has 2 aliphatic heterocycles. The molecule has 1 unspecified atom stereocenters. The van der Waals surface area contributed by atoms with Gasteiger partial charge in [0.1, 0.15) is 30.7 Å². The second-order valence-electron chi connectivity index (χ2n) is 14.9. The van der Waals surface area contributed by atoms with E-state index in [1.54, 1.807) is 102 Å². The van der Waals surface area contributed by atoms with Gasteiger partial charge in [0.25, 0.3) is 0 Å². The summed E-state index contributed by atoms with van der Waals surface area (Å²) in [5.74, 6) is -6.68. The molecule has 65 heavy (non-hydrogen) atoms. The number of ether oxygens (including phenoxy) is 6. The number of nitrogens with zero attached hydrogens (tertiary/aromatic N) is 2. The quantitative estimate of drug-likeness (QED) is 0.0550. The molecule has 0 bridgehead atoms. The Balaban J connectivity index is 0.000000206. The Morgan fingerprint density at radius 1 is 0.692 bits per heavy atom. The third-order valence-corrected chi connectivity index (χ3v) is 12.3. The molecule has 4 heterocycles. The summed E-state index contributed by atoms with van der Waals surface area (Å²) in [4.78, 5) is 70.2. The van der Waals surface area contributed by atoms with Crippen LogP contribution in [0.25, 0.3) is 10.9 Å². The molecular formula is C47H40F2N2O12S2. The van der Waals surface area contributed by atoms with E-state index in [0.717, 1.165) is 25.2 Å². The summed E-state index contributed by atoms with van der Waals surface area (Å²) < 4.78 is 63.6. The number of halogens is 2. The average Bonchev–Trinajstić information content (AvgIpc) is 3.93. The van der Waals surface area contributed by atoms with Gasteiger partial charge in [0.05, 0.1) is 32.6 Å². The van der Waals surface area contributed by atoms with Crippen molar-refractivity contribution in [2.45, 2.75) is 60.4 Å². The molecule has 0 spiro atoms. The van der Waals surface area contributed by atoms with Gasteiger partial charge in [-0.05, 0) is 68.6 Å². The highest BCUT2D eigenvalue weighted by Crippen LogP contribution is 2.52. The summed E-state index contributed by atoms with van der Waals surface area (Å²) in [5.41, 5.74) is -3.91. The molecule has 0 radical (unpaired) electrons. The normalized spacial score (nSPS) is 24.6. The number of thioether (sulfide) groups is 1. The van der Waals surface area contributed by atoms with E-state index in [0.29, 0.717) is 21.5 Å². The predicted molar refractivity (Wildman–Crippen MR) is 232 cm³/mol. The van der Waals surface area contributed by atoms with Crippen molar-refractivity contribution >= 4 is 63.8 Å². The first-order valence-electron chi connectivity index (χ1n) is 19.9. The van der Waals surface area contributed by atoms with Gasteiger partial charge in [0.2, 0.25) is 17.1 Å². The number of aliphatic hydroxyl groups is 1. The zero-order chi connectivity index (χ0) is 46.4. The number of cyclic esters (lactones) is 1. The molecule has 2 aromatic heterocycles. The van der Waals surface area contributed by atoms with Crippen molar-refractivity contribution in [3.63, 3.8) is 0 Å². The molecule has 7 atom stereocenters. The van der Waals surface area contributed by atoms with Gasteiger partial charge in [-0.1, -0.05) is 72.8 Å². The number of hydrogen-bond acceptors (Lipinski definition) is 16. The minimum atomic E-state index is -2.65. The van der Waals surface area contributed by atoms with Crippen molar-refractivity contribution in [3.8, 4) is 0 Å². The van der Waals surface area contributed by atoms with Gasteiger partial charge in [0.15, 0.2) is 18.3 Å². The maximum Gasteiger partial charge on any atom is 0.348 e. The lowest BCUT2D eigenvalue weighted by molar-refractivity contribution is -0.250. The van der Waals surface area contributed by atoms with Gasteiger partial charge in [0, 0.05) is 10.8 Å². The number of fused-ring (bicyclic) bond motifs is 1. The Morgan fingerprint density at radius 3 is 1.62 bits per heavy atom. The van der Waals surface area contributed by atoms with Crippen LogP contribution in [-0.4, -0.2) is 100 Å². The average molecular weight is 927 g/mol. The van der Waals surface area contributed by atoms with Crippen molar-refractivity contribution in [1.82, 2.24) is 9.97 Å². The minimum Gasteiger partial charge on any atom is -0.459 e. The number of esters is 5. The van der Waals surface area contributed by atoms with Crippen molar-refractivity contribution in [2.75, 3.05) is 19.5 Å². The first-order valence-corrected chi connectivity index (χ1v) is 22.0. The summed E-state index contributed by atoms with van der Waals surface area (Å²) in [6.07, 6.45) is -2.56. The molecule has 1 N–H and O–H groups in total. The first kappa shape index (κ1) is 46.4. The highest BCUT2D eigenvalue weighted by atomic mass is 32.2. The SMILES string of the molecule is CSc1ncnc2c(C3(O)O[C@H](COC(=O)c4ccccc4)[C@@H](OC(=O)c4ccccc4)[C@@]3(C)F)scc12.C[C@]1(F)C(=O)O[C@H](COC(=O)c2ccccc2)[C@H]1OC(=O)c1ccccc1. The standard InChI is InChI=1S/C27H23FN2O6S2.C20H17FO6/c1-26(28)21(35-25(32)17-11-7-4-8-12-17)19(13-34-24(31)16-9-5-3-6-10-16)36-27(26,33)22-20-18(14-38-22)23(37-2)30-15-29-20;1-20(21)16(27-18(23)14-10-6-3-7-11-14)15(26-19(20)24)12-25-17(22)13-8-4-2-5-9-13/h3-12,14-15,19,21,33H,13H2,1-2H3;2-11,15-16H,12H2,1H3/t19-,21-,26-,27?;15-,16-,20-/m11/s1. The van der Waals surface area contributed by atoms with E-state index in [4.69, 9.17) is 28.4 Å². The second-order valence-corrected chi connectivity index (χ2v) is 16.6. The van der Waals surface area contributed by atoms with E-state index in [2.05, 4.69) is 9.97 Å². The van der Waals surface area contributed by atoms with Crippen LogP contribution in [0.1, 0.15) is 60.2 Å². The van der Waals surface area contributed by atoms with Crippen LogP contribution < -0.4 is 0 Å². The van der Waals surface area contributed by atoms with E-state index < -0.39 is 84.6 Å². The smallest absolute Gasteiger partial charge is 0.348 e. The maximum absolute atomic E-state index is 16.7. The molecular weight excluding hydrogens is 887 g/mol. The van der Waals surface area contributed by atoms with Crippen molar-refractivity contribution < 1.29 is 66.3 Å². The number of carbonyl (C=O) groups excluding carboxylic acids is 5. The highest BCUT2D eigenvalue weighted by molar-refractivity contribution is 7.98. The summed E-state index contributed by atoms with van der Waals surface area (Å²) in [7, 11) is 0. The molecule has 18 heteroatoms. The molecule has 4 aromatic carbocycles. The summed E-state index contributed by atoms with van der Waals surface area (Å²) >= 11 is 2.43. The molecule has 0 saturated carbocycles. The largest absolute Gasteiger partial charge is 0.459 e. The van der Waals surface area contributed by atoms with Crippen LogP contribution in [0.5, 0.6) is 0 Å². The van der Waals surface area contributed by atoms with Gasteiger partial charge in [-0.2, -0.15) is 0 Å². The van der Waals surface area contributed by atoms with E-state index >= 15 is 4.39 Å². The van der Waals surface area contributed by atoms with E-state index in [1.165, 1.54) is 42.4 Å². The fraction of sp³-hybridized carbons (Fsp3) is 0.255. The fourth-order valence-corrected chi connectivity index (χ4v) is 8.74. The third kappa shape index (κ3) is 9.75. The van der Waals surface area contributed by atoms with Crippen LogP contribution in [0.4, 0.5) is 8.78 Å². The Bertz CT molecular complexity index is 2660. The van der Waals surface area contributed by atoms with Crippen LogP contribution in [0.3, 0.4) is 0 Å². The van der Waals surface area contributed by atoms with Crippen LogP contribution in [0.2, 0.25) is 0 Å². The molecule has 336 valence electrons. The molecule has 0 amide bonds. The van der Waals surface area contributed by atoms with Crippen LogP contribution >= 0.6 is 23.1 Å². The van der Waals surface area contributed by atoms with Crippen LogP contribution in [0, 0.1) is 0 Å². The molecule has 8 rings (SSSR count). The lowest BCUT2D eigenvalue weighted by Crippen LogP contribution is -2.50.